The first-order chi connectivity index (χ1) is 16.2. The second-order valence-corrected chi connectivity index (χ2v) is 9.12. The number of hydrogen-bond donors (Lipinski definition) is 2. The van der Waals surface area contributed by atoms with E-state index in [9.17, 15) is 23.9 Å². The summed E-state index contributed by atoms with van der Waals surface area (Å²) in [6.45, 7) is 4.54. The standard InChI is InChI=1S/C24H26FN3O6/c1-13-3-4-15(17(25)9-13)10-26-22(31)16-11-28-18-12-27(23(32)19(28)21(30)20(16)29)14(2)5-6-24(18)33-7-8-34-24/h3-4,9,11,14,18,30H,5-8,10,12H2,1-2H3,(H,26,31)/t14-,18+/m0/s1. The van der Waals surface area contributed by atoms with E-state index in [1.807, 2.05) is 6.92 Å². The summed E-state index contributed by atoms with van der Waals surface area (Å²) in [6, 6.07) is 3.93. The fourth-order valence-corrected chi connectivity index (χ4v) is 5.07. The van der Waals surface area contributed by atoms with Gasteiger partial charge in [0.05, 0.1) is 13.2 Å². The molecule has 5 rings (SSSR count). The smallest absolute Gasteiger partial charge is 0.274 e. The van der Waals surface area contributed by atoms with E-state index < -0.39 is 40.6 Å². The van der Waals surface area contributed by atoms with Gasteiger partial charge in [-0.3, -0.25) is 14.4 Å². The number of rotatable bonds is 3. The SMILES string of the molecule is Cc1ccc(CNC(=O)c2cn3c(c(O)c2=O)C(=O)N2C[C@@H]3C3(CC[C@@H]2C)OCCO3)c(F)c1. The average Bonchev–Trinajstić information content (AvgIpc) is 3.24. The summed E-state index contributed by atoms with van der Waals surface area (Å²) in [5, 5.41) is 13.3. The zero-order chi connectivity index (χ0) is 24.2. The van der Waals surface area contributed by atoms with Crippen LogP contribution in [0.1, 0.15) is 57.8 Å². The molecule has 2 amide bonds. The fourth-order valence-electron chi connectivity index (χ4n) is 5.07. The van der Waals surface area contributed by atoms with Crippen LogP contribution in [-0.2, 0) is 16.0 Å². The Balaban J connectivity index is 1.54. The summed E-state index contributed by atoms with van der Waals surface area (Å²) >= 11 is 0. The zero-order valence-electron chi connectivity index (χ0n) is 19.0. The van der Waals surface area contributed by atoms with Crippen LogP contribution >= 0.6 is 0 Å². The van der Waals surface area contributed by atoms with Crippen molar-refractivity contribution in [2.75, 3.05) is 19.8 Å². The molecule has 0 radical (unpaired) electrons. The molecule has 3 aliphatic heterocycles. The molecule has 1 aromatic heterocycles. The van der Waals surface area contributed by atoms with Crippen molar-refractivity contribution in [3.63, 3.8) is 0 Å². The second-order valence-electron chi connectivity index (χ2n) is 9.12. The van der Waals surface area contributed by atoms with E-state index in [2.05, 4.69) is 5.32 Å². The summed E-state index contributed by atoms with van der Waals surface area (Å²) in [4.78, 5) is 40.7. The van der Waals surface area contributed by atoms with Gasteiger partial charge >= 0.3 is 0 Å². The van der Waals surface area contributed by atoms with E-state index in [0.717, 1.165) is 5.56 Å². The highest BCUT2D eigenvalue weighted by Gasteiger charge is 2.53. The Labute approximate surface area is 195 Å². The van der Waals surface area contributed by atoms with Gasteiger partial charge in [0, 0.05) is 37.3 Å². The Morgan fingerprint density at radius 1 is 1.29 bits per heavy atom. The molecule has 1 aromatic carbocycles. The summed E-state index contributed by atoms with van der Waals surface area (Å²) in [5.74, 6) is -3.56. The maximum Gasteiger partial charge on any atom is 0.274 e. The van der Waals surface area contributed by atoms with E-state index in [1.165, 1.54) is 16.8 Å². The number of hydrogen-bond acceptors (Lipinski definition) is 6. The van der Waals surface area contributed by atoms with Gasteiger partial charge in [-0.15, -0.1) is 0 Å². The molecule has 0 saturated carbocycles. The number of benzene rings is 1. The highest BCUT2D eigenvalue weighted by molar-refractivity contribution is 5.99. The molecule has 1 spiro atoms. The van der Waals surface area contributed by atoms with Crippen LogP contribution in [0, 0.1) is 12.7 Å². The Hall–Kier alpha value is -3.24. The Morgan fingerprint density at radius 3 is 2.74 bits per heavy atom. The number of ether oxygens (including phenoxy) is 2. The molecule has 4 heterocycles. The number of nitrogens with zero attached hydrogens (tertiary/aromatic N) is 2. The summed E-state index contributed by atoms with van der Waals surface area (Å²) in [5.41, 5.74) is -0.491. The van der Waals surface area contributed by atoms with Gasteiger partial charge in [-0.1, -0.05) is 12.1 Å². The molecule has 2 fully saturated rings. The lowest BCUT2D eigenvalue weighted by molar-refractivity contribution is -0.193. The van der Waals surface area contributed by atoms with E-state index in [4.69, 9.17) is 9.47 Å². The Bertz CT molecular complexity index is 1240. The molecule has 3 aliphatic rings. The molecule has 0 aliphatic carbocycles. The highest BCUT2D eigenvalue weighted by Crippen LogP contribution is 2.44. The van der Waals surface area contributed by atoms with Crippen molar-refractivity contribution in [1.82, 2.24) is 14.8 Å². The summed E-state index contributed by atoms with van der Waals surface area (Å²) in [6.07, 6.45) is 2.42. The van der Waals surface area contributed by atoms with Gasteiger partial charge in [-0.05, 0) is 31.9 Å². The highest BCUT2D eigenvalue weighted by atomic mass is 19.1. The molecule has 180 valence electrons. The van der Waals surface area contributed by atoms with Crippen LogP contribution in [0.25, 0.3) is 0 Å². The van der Waals surface area contributed by atoms with Crippen molar-refractivity contribution >= 4 is 11.8 Å². The molecule has 34 heavy (non-hydrogen) atoms. The molecule has 9 nitrogen and oxygen atoms in total. The number of amides is 2. The van der Waals surface area contributed by atoms with Gasteiger partial charge in [0.25, 0.3) is 11.8 Å². The van der Waals surface area contributed by atoms with Crippen LogP contribution in [0.3, 0.4) is 0 Å². The number of fused-ring (bicyclic) bond motifs is 5. The van der Waals surface area contributed by atoms with Crippen LogP contribution in [0.2, 0.25) is 0 Å². The van der Waals surface area contributed by atoms with Gasteiger partial charge in [-0.25, -0.2) is 4.39 Å². The van der Waals surface area contributed by atoms with Crippen molar-refractivity contribution < 1.29 is 28.6 Å². The minimum Gasteiger partial charge on any atom is -0.503 e. The number of aryl methyl sites for hydroxylation is 1. The topological polar surface area (TPSA) is 110 Å². The zero-order valence-corrected chi connectivity index (χ0v) is 19.0. The average molecular weight is 471 g/mol. The number of pyridine rings is 1. The first kappa shape index (κ1) is 22.5. The van der Waals surface area contributed by atoms with Gasteiger partial charge in [0.1, 0.15) is 17.4 Å². The maximum absolute atomic E-state index is 14.2. The van der Waals surface area contributed by atoms with Gasteiger partial charge in [0.15, 0.2) is 17.2 Å². The molecule has 10 heteroatoms. The van der Waals surface area contributed by atoms with Crippen molar-refractivity contribution in [2.45, 2.75) is 51.1 Å². The number of nitrogens with one attached hydrogen (secondary N) is 1. The van der Waals surface area contributed by atoms with Crippen LogP contribution in [0.4, 0.5) is 4.39 Å². The lowest BCUT2D eigenvalue weighted by Crippen LogP contribution is -2.52. The van der Waals surface area contributed by atoms with E-state index >= 15 is 0 Å². The van der Waals surface area contributed by atoms with Crippen molar-refractivity contribution in [1.29, 1.82) is 0 Å². The number of carbonyl (C=O) groups excluding carboxylic acids is 2. The minimum atomic E-state index is -1.03. The number of aromatic hydroxyl groups is 1. The van der Waals surface area contributed by atoms with Crippen LogP contribution in [0.15, 0.2) is 29.2 Å². The van der Waals surface area contributed by atoms with Crippen LogP contribution in [0.5, 0.6) is 5.75 Å². The van der Waals surface area contributed by atoms with E-state index in [1.54, 1.807) is 24.0 Å². The second kappa shape index (κ2) is 8.21. The van der Waals surface area contributed by atoms with E-state index in [0.29, 0.717) is 26.1 Å². The van der Waals surface area contributed by atoms with Crippen molar-refractivity contribution in [2.24, 2.45) is 0 Å². The molecule has 2 aromatic rings. The normalized spacial score (nSPS) is 23.0. The molecule has 2 bridgehead atoms. The predicted molar refractivity (Wildman–Crippen MR) is 118 cm³/mol. The summed E-state index contributed by atoms with van der Waals surface area (Å²) < 4.78 is 27.6. The van der Waals surface area contributed by atoms with Gasteiger partial charge in [-0.2, -0.15) is 0 Å². The third-order valence-corrected chi connectivity index (χ3v) is 7.00. The molecule has 0 unspecified atom stereocenters. The first-order valence-electron chi connectivity index (χ1n) is 11.3. The van der Waals surface area contributed by atoms with Gasteiger partial charge in [0.2, 0.25) is 5.43 Å². The van der Waals surface area contributed by atoms with Crippen LogP contribution in [-0.4, -0.2) is 58.0 Å². The predicted octanol–water partition coefficient (Wildman–Crippen LogP) is 1.85. The molecular formula is C24H26FN3O6. The maximum atomic E-state index is 14.2. The third-order valence-electron chi connectivity index (χ3n) is 7.00. The summed E-state index contributed by atoms with van der Waals surface area (Å²) in [7, 11) is 0. The number of carbonyl (C=O) groups is 2. The lowest BCUT2D eigenvalue weighted by Gasteiger charge is -2.42. The number of aromatic nitrogens is 1. The minimum absolute atomic E-state index is 0.141. The van der Waals surface area contributed by atoms with Crippen molar-refractivity contribution in [3.05, 3.63) is 62.8 Å². The molecular weight excluding hydrogens is 445 g/mol. The lowest BCUT2D eigenvalue weighted by atomic mass is 9.99. The largest absolute Gasteiger partial charge is 0.503 e. The fraction of sp³-hybridized carbons (Fsp3) is 0.458. The Kier molecular flexibility index (Phi) is 5.44. The van der Waals surface area contributed by atoms with Gasteiger partial charge < -0.3 is 29.4 Å². The molecule has 2 saturated heterocycles. The van der Waals surface area contributed by atoms with Crippen LogP contribution < -0.4 is 10.7 Å². The third kappa shape index (κ3) is 3.48. The monoisotopic (exact) mass is 471 g/mol. The quantitative estimate of drug-likeness (QED) is 0.707. The van der Waals surface area contributed by atoms with Crippen molar-refractivity contribution in [3.8, 4) is 5.75 Å². The molecule has 2 N–H and O–H groups in total. The Morgan fingerprint density at radius 2 is 2.03 bits per heavy atom. The van der Waals surface area contributed by atoms with E-state index in [-0.39, 0.29) is 36.0 Å². The number of halogens is 1. The first-order valence-corrected chi connectivity index (χ1v) is 11.3. The molecule has 2 atom stereocenters.